The van der Waals surface area contributed by atoms with E-state index >= 15 is 0 Å². The molecule has 2 nitrogen and oxygen atoms in total. The maximum atomic E-state index is 11.9. The van der Waals surface area contributed by atoms with Gasteiger partial charge < -0.3 is 5.11 Å². The Morgan fingerprint density at radius 1 is 0.750 bits per heavy atom. The Labute approximate surface area is 146 Å². The molecular formula is C17H20O2Y. The maximum Gasteiger partial charge on any atom is 0.194 e. The molecule has 0 saturated carbocycles. The van der Waals surface area contributed by atoms with Crippen LogP contribution in [0.15, 0.2) is 42.5 Å². The molecule has 2 aromatic carbocycles. The van der Waals surface area contributed by atoms with Gasteiger partial charge in [0.2, 0.25) is 0 Å². The number of rotatable bonds is 0. The third-order valence-electron chi connectivity index (χ3n) is 2.71. The van der Waals surface area contributed by atoms with Gasteiger partial charge in [0.1, 0.15) is 5.75 Å². The van der Waals surface area contributed by atoms with Crippen molar-refractivity contribution in [1.82, 2.24) is 0 Å². The fourth-order valence-electron chi connectivity index (χ4n) is 2.02. The van der Waals surface area contributed by atoms with Crippen LogP contribution in [0.5, 0.6) is 5.75 Å². The monoisotopic (exact) mass is 345 g/mol. The van der Waals surface area contributed by atoms with E-state index in [2.05, 4.69) is 0 Å². The predicted octanol–water partition coefficient (Wildman–Crippen LogP) is 4.65. The van der Waals surface area contributed by atoms with Crippen LogP contribution in [-0.2, 0) is 32.7 Å². The molecule has 103 valence electrons. The second-order valence-electron chi connectivity index (χ2n) is 3.60. The molecule has 3 rings (SSSR count). The van der Waals surface area contributed by atoms with Gasteiger partial charge in [0.05, 0.1) is 0 Å². The van der Waals surface area contributed by atoms with Crippen LogP contribution < -0.4 is 0 Å². The quantitative estimate of drug-likeness (QED) is 0.644. The molecule has 1 aliphatic carbocycles. The molecule has 0 saturated heterocycles. The molecule has 0 atom stereocenters. The molecule has 0 aliphatic heterocycles. The van der Waals surface area contributed by atoms with Gasteiger partial charge in [-0.2, -0.15) is 0 Å². The minimum absolute atomic E-state index is 0. The Kier molecular flexibility index (Phi) is 8.60. The Balaban J connectivity index is 0.000000667. The molecule has 0 unspecified atom stereocenters. The smallest absolute Gasteiger partial charge is 0.194 e. The number of hydrogen-bond donors (Lipinski definition) is 1. The van der Waals surface area contributed by atoms with E-state index < -0.39 is 0 Å². The average molecular weight is 345 g/mol. The van der Waals surface area contributed by atoms with Crippen LogP contribution >= 0.6 is 0 Å². The third kappa shape index (κ3) is 3.56. The first-order valence-corrected chi connectivity index (χ1v) is 6.74. The molecule has 1 radical (unpaired) electrons. The van der Waals surface area contributed by atoms with E-state index in [1.807, 2.05) is 52.0 Å². The third-order valence-corrected chi connectivity index (χ3v) is 2.71. The van der Waals surface area contributed by atoms with Crippen molar-refractivity contribution >= 4 is 5.78 Å². The number of phenolic OH excluding ortho intramolecular Hbond substituents is 1. The van der Waals surface area contributed by atoms with E-state index in [1.165, 1.54) is 6.07 Å². The van der Waals surface area contributed by atoms with Gasteiger partial charge in [-0.15, -0.1) is 0 Å². The standard InChI is InChI=1S/C13H8O2.2C2H6.Y/c14-8-5-6-10-9-3-1-2-4-11(9)13(15)12(10)7-8;2*1-2;/h1-7,14H;2*1-2H3;. The number of fused-ring (bicyclic) bond motifs is 3. The van der Waals surface area contributed by atoms with Crippen LogP contribution in [0.4, 0.5) is 0 Å². The summed E-state index contributed by atoms with van der Waals surface area (Å²) < 4.78 is 0. The molecule has 0 amide bonds. The van der Waals surface area contributed by atoms with E-state index in [9.17, 15) is 9.90 Å². The van der Waals surface area contributed by atoms with Crippen LogP contribution in [-0.4, -0.2) is 10.9 Å². The first-order chi connectivity index (χ1) is 9.27. The van der Waals surface area contributed by atoms with Crippen molar-refractivity contribution in [3.63, 3.8) is 0 Å². The summed E-state index contributed by atoms with van der Waals surface area (Å²) in [6.45, 7) is 8.00. The fraction of sp³-hybridized carbons (Fsp3) is 0.235. The molecule has 2 aromatic rings. The molecular weight excluding hydrogens is 325 g/mol. The zero-order chi connectivity index (χ0) is 14.4. The van der Waals surface area contributed by atoms with Crippen molar-refractivity contribution in [3.8, 4) is 16.9 Å². The first kappa shape index (κ1) is 19.0. The molecule has 0 spiro atoms. The Morgan fingerprint density at radius 2 is 1.25 bits per heavy atom. The topological polar surface area (TPSA) is 37.3 Å². The van der Waals surface area contributed by atoms with Crippen molar-refractivity contribution in [1.29, 1.82) is 0 Å². The second kappa shape index (κ2) is 9.04. The van der Waals surface area contributed by atoms with E-state index in [4.69, 9.17) is 0 Å². The Bertz CT molecular complexity index is 577. The molecule has 1 aliphatic rings. The molecule has 0 aromatic heterocycles. The van der Waals surface area contributed by atoms with Gasteiger partial charge in [0.25, 0.3) is 0 Å². The van der Waals surface area contributed by atoms with Gasteiger partial charge in [-0.05, 0) is 29.3 Å². The van der Waals surface area contributed by atoms with E-state index in [0.717, 1.165) is 16.7 Å². The van der Waals surface area contributed by atoms with Crippen molar-refractivity contribution in [2.45, 2.75) is 27.7 Å². The number of ketones is 1. The van der Waals surface area contributed by atoms with E-state index in [-0.39, 0.29) is 44.2 Å². The normalized spacial score (nSPS) is 9.90. The van der Waals surface area contributed by atoms with Crippen molar-refractivity contribution in [2.75, 3.05) is 0 Å². The van der Waals surface area contributed by atoms with Crippen LogP contribution in [0.1, 0.15) is 43.6 Å². The summed E-state index contributed by atoms with van der Waals surface area (Å²) in [7, 11) is 0. The summed E-state index contributed by atoms with van der Waals surface area (Å²) in [6.07, 6.45) is 0. The molecule has 3 heteroatoms. The number of phenols is 1. The van der Waals surface area contributed by atoms with Gasteiger partial charge in [-0.1, -0.05) is 52.0 Å². The second-order valence-corrected chi connectivity index (χ2v) is 3.60. The summed E-state index contributed by atoms with van der Waals surface area (Å²) in [4.78, 5) is 11.9. The summed E-state index contributed by atoms with van der Waals surface area (Å²) in [5.74, 6) is 0.131. The van der Waals surface area contributed by atoms with Crippen molar-refractivity contribution in [3.05, 3.63) is 53.6 Å². The van der Waals surface area contributed by atoms with E-state index in [0.29, 0.717) is 5.56 Å². The molecule has 0 fully saturated rings. The number of benzene rings is 2. The maximum absolute atomic E-state index is 11.9. The number of carbonyl (C=O) groups is 1. The number of hydrogen-bond acceptors (Lipinski definition) is 2. The minimum atomic E-state index is -0.00324. The number of aromatic hydroxyl groups is 1. The Morgan fingerprint density at radius 3 is 1.85 bits per heavy atom. The van der Waals surface area contributed by atoms with E-state index in [1.54, 1.807) is 12.1 Å². The van der Waals surface area contributed by atoms with Gasteiger partial charge >= 0.3 is 0 Å². The van der Waals surface area contributed by atoms with Gasteiger partial charge in [-0.3, -0.25) is 4.79 Å². The summed E-state index contributed by atoms with van der Waals surface area (Å²) in [5.41, 5.74) is 3.18. The SMILES string of the molecule is CC.CC.O=C1c2ccccc2-c2ccc(O)cc21.[Y]. The fourth-order valence-corrected chi connectivity index (χ4v) is 2.02. The van der Waals surface area contributed by atoms with Crippen LogP contribution in [0.2, 0.25) is 0 Å². The summed E-state index contributed by atoms with van der Waals surface area (Å²) >= 11 is 0. The van der Waals surface area contributed by atoms with Crippen LogP contribution in [0.3, 0.4) is 0 Å². The molecule has 0 heterocycles. The largest absolute Gasteiger partial charge is 0.508 e. The minimum Gasteiger partial charge on any atom is -0.508 e. The molecule has 1 N–H and O–H groups in total. The van der Waals surface area contributed by atoms with Gasteiger partial charge in [-0.25, -0.2) is 0 Å². The summed E-state index contributed by atoms with van der Waals surface area (Å²) in [6, 6.07) is 12.4. The van der Waals surface area contributed by atoms with Crippen molar-refractivity contribution < 1.29 is 42.6 Å². The zero-order valence-electron chi connectivity index (χ0n) is 12.5. The molecule has 20 heavy (non-hydrogen) atoms. The number of carbonyl (C=O) groups excluding carboxylic acids is 1. The van der Waals surface area contributed by atoms with Gasteiger partial charge in [0, 0.05) is 43.8 Å². The molecule has 0 bridgehead atoms. The van der Waals surface area contributed by atoms with Crippen LogP contribution in [0, 0.1) is 0 Å². The first-order valence-electron chi connectivity index (χ1n) is 6.74. The predicted molar refractivity (Wildman–Crippen MR) is 79.7 cm³/mol. The van der Waals surface area contributed by atoms with Crippen LogP contribution in [0.25, 0.3) is 11.1 Å². The Hall–Kier alpha value is -0.986. The zero-order valence-corrected chi connectivity index (χ0v) is 15.3. The van der Waals surface area contributed by atoms with Crippen molar-refractivity contribution in [2.24, 2.45) is 0 Å². The average Bonchev–Trinajstić information content (AvgIpc) is 2.77. The van der Waals surface area contributed by atoms with Gasteiger partial charge in [0.15, 0.2) is 5.78 Å². The summed E-state index contributed by atoms with van der Waals surface area (Å²) in [5, 5.41) is 9.34.